The molecule has 0 aliphatic carbocycles. The molecule has 1 aliphatic rings. The van der Waals surface area contributed by atoms with Gasteiger partial charge in [-0.25, -0.2) is 9.37 Å². The van der Waals surface area contributed by atoms with Crippen molar-refractivity contribution in [3.05, 3.63) is 65.4 Å². The second-order valence-corrected chi connectivity index (χ2v) is 11.4. The van der Waals surface area contributed by atoms with Crippen LogP contribution in [0, 0.1) is 17.0 Å². The van der Waals surface area contributed by atoms with E-state index in [9.17, 15) is 19.4 Å². The lowest BCUT2D eigenvalue weighted by atomic mass is 10.1. The molecule has 0 radical (unpaired) electrons. The van der Waals surface area contributed by atoms with E-state index >= 15 is 4.39 Å². The second-order valence-electron chi connectivity index (χ2n) is 9.72. The molecular weight excluding hydrogens is 558 g/mol. The van der Waals surface area contributed by atoms with E-state index < -0.39 is 46.2 Å². The number of thioether (sulfide) groups is 1. The van der Waals surface area contributed by atoms with Gasteiger partial charge >= 0.3 is 5.97 Å². The number of aliphatic imine (C=N–C) groups is 1. The van der Waals surface area contributed by atoms with Gasteiger partial charge in [0.15, 0.2) is 17.3 Å². The highest BCUT2D eigenvalue weighted by atomic mass is 32.2. The van der Waals surface area contributed by atoms with E-state index in [1.54, 1.807) is 32.2 Å². The zero-order chi connectivity index (χ0) is 30.1. The lowest BCUT2D eigenvalue weighted by molar-refractivity contribution is -0.139. The predicted octanol–water partition coefficient (Wildman–Crippen LogP) is 4.23. The van der Waals surface area contributed by atoms with Crippen LogP contribution in [0.5, 0.6) is 28.9 Å². The molecule has 41 heavy (non-hydrogen) atoms. The van der Waals surface area contributed by atoms with Gasteiger partial charge in [0.2, 0.25) is 11.6 Å². The molecule has 0 fully saturated rings. The van der Waals surface area contributed by atoms with E-state index in [2.05, 4.69) is 9.98 Å². The third-order valence-electron chi connectivity index (χ3n) is 6.28. The van der Waals surface area contributed by atoms with Crippen LogP contribution < -0.4 is 20.9 Å². The number of aromatic hydroxyl groups is 1. The molecule has 7 N–H and O–H groups in total. The van der Waals surface area contributed by atoms with E-state index in [1.165, 1.54) is 36.0 Å². The van der Waals surface area contributed by atoms with E-state index in [-0.39, 0.29) is 28.6 Å². The molecule has 2 unspecified atom stereocenters. The van der Waals surface area contributed by atoms with Crippen molar-refractivity contribution >= 4 is 29.8 Å². The first kappa shape index (κ1) is 29.7. The van der Waals surface area contributed by atoms with Gasteiger partial charge in [0.05, 0.1) is 6.20 Å². The summed E-state index contributed by atoms with van der Waals surface area (Å²) in [5.74, 6) is -5.90. The number of ether oxygens (including phenoxy) is 2. The zero-order valence-electron chi connectivity index (χ0n) is 22.3. The topological polar surface area (TPSA) is 180 Å². The second kappa shape index (κ2) is 11.7. The van der Waals surface area contributed by atoms with Crippen LogP contribution in [0.2, 0.25) is 0 Å². The van der Waals surface area contributed by atoms with Crippen molar-refractivity contribution in [3.8, 4) is 28.9 Å². The van der Waals surface area contributed by atoms with Crippen LogP contribution in [0.15, 0.2) is 52.5 Å². The number of nitrogens with two attached hydrogens (primary N) is 2. The fraction of sp³-hybridized carbons (Fsp3) is 0.259. The average Bonchev–Trinajstić information content (AvgIpc) is 3.34. The van der Waals surface area contributed by atoms with Gasteiger partial charge < -0.3 is 31.2 Å². The molecule has 216 valence electrons. The SMILES string of the molecule is CN1CC=NC1c1cc(SC(C)(C)C(N)C(=O)O)ccc1Oc1c(F)cnc(Oc2cc(C(=N)N)ccc2O)c1F. The number of carboxylic acids is 1. The normalized spacial score (nSPS) is 16.0. The summed E-state index contributed by atoms with van der Waals surface area (Å²) in [5, 5.41) is 27.1. The Labute approximate surface area is 238 Å². The fourth-order valence-corrected chi connectivity index (χ4v) is 5.09. The van der Waals surface area contributed by atoms with Gasteiger partial charge in [0.1, 0.15) is 23.8 Å². The van der Waals surface area contributed by atoms with Crippen molar-refractivity contribution < 1.29 is 33.3 Å². The number of phenols is 1. The Hall–Kier alpha value is -4.27. The van der Waals surface area contributed by atoms with Gasteiger partial charge in [0.25, 0.3) is 5.88 Å². The van der Waals surface area contributed by atoms with Crippen LogP contribution >= 0.6 is 11.8 Å². The molecular formula is C27H28F2N6O5S. The van der Waals surface area contributed by atoms with Crippen LogP contribution in [0.1, 0.15) is 31.1 Å². The molecule has 0 bridgehead atoms. The first-order valence-corrected chi connectivity index (χ1v) is 13.0. The number of carboxylic acid groups (broad SMARTS) is 1. The molecule has 14 heteroatoms. The first-order chi connectivity index (χ1) is 19.3. The number of halogens is 2. The van der Waals surface area contributed by atoms with Gasteiger partial charge in [-0.15, -0.1) is 11.8 Å². The summed E-state index contributed by atoms with van der Waals surface area (Å²) in [6.07, 6.45) is 1.86. The third kappa shape index (κ3) is 6.39. The van der Waals surface area contributed by atoms with Gasteiger partial charge in [-0.05, 0) is 57.3 Å². The summed E-state index contributed by atoms with van der Waals surface area (Å²) in [6.45, 7) is 3.93. The van der Waals surface area contributed by atoms with Gasteiger partial charge in [-0.1, -0.05) is 0 Å². The number of aromatic nitrogens is 1. The molecule has 0 saturated heterocycles. The Morgan fingerprint density at radius 1 is 1.22 bits per heavy atom. The molecule has 11 nitrogen and oxygen atoms in total. The maximum Gasteiger partial charge on any atom is 0.321 e. The van der Waals surface area contributed by atoms with Crippen LogP contribution in [0.3, 0.4) is 0 Å². The Morgan fingerprint density at radius 2 is 1.95 bits per heavy atom. The fourth-order valence-electron chi connectivity index (χ4n) is 3.93. The maximum absolute atomic E-state index is 15.5. The number of hydrogen-bond donors (Lipinski definition) is 5. The number of nitrogen functional groups attached to an aromatic ring is 1. The van der Waals surface area contributed by atoms with Crippen LogP contribution in [0.4, 0.5) is 8.78 Å². The zero-order valence-corrected chi connectivity index (χ0v) is 23.1. The minimum Gasteiger partial charge on any atom is -0.504 e. The number of nitrogens with zero attached hydrogens (tertiary/aromatic N) is 3. The van der Waals surface area contributed by atoms with E-state index in [1.807, 2.05) is 11.9 Å². The maximum atomic E-state index is 15.5. The summed E-state index contributed by atoms with van der Waals surface area (Å²) in [6, 6.07) is 7.47. The van der Waals surface area contributed by atoms with Crippen molar-refractivity contribution in [3.63, 3.8) is 0 Å². The minimum atomic E-state index is -1.28. The van der Waals surface area contributed by atoms with Gasteiger partial charge in [-0.2, -0.15) is 4.39 Å². The molecule has 1 aromatic heterocycles. The Kier molecular flexibility index (Phi) is 8.47. The lowest BCUT2D eigenvalue weighted by Crippen LogP contribution is -2.46. The number of carbonyl (C=O) groups is 1. The highest BCUT2D eigenvalue weighted by Crippen LogP contribution is 2.43. The number of rotatable bonds is 10. The molecule has 0 saturated carbocycles. The van der Waals surface area contributed by atoms with E-state index in [0.717, 1.165) is 0 Å². The predicted molar refractivity (Wildman–Crippen MR) is 149 cm³/mol. The van der Waals surface area contributed by atoms with Crippen LogP contribution in [-0.4, -0.2) is 62.5 Å². The molecule has 0 spiro atoms. The number of pyridine rings is 1. The summed E-state index contributed by atoms with van der Waals surface area (Å²) in [7, 11) is 1.81. The Balaban J connectivity index is 1.71. The number of nitrogens with one attached hydrogen (secondary N) is 1. The largest absolute Gasteiger partial charge is 0.504 e. The number of phenolic OH excluding ortho intramolecular Hbond substituents is 1. The minimum absolute atomic E-state index is 0.0852. The number of aliphatic carboxylic acids is 1. The Morgan fingerprint density at radius 3 is 2.59 bits per heavy atom. The van der Waals surface area contributed by atoms with Gasteiger partial charge in [0, 0.05) is 33.5 Å². The quantitative estimate of drug-likeness (QED) is 0.131. The van der Waals surface area contributed by atoms with Crippen molar-refractivity contribution in [1.82, 2.24) is 9.88 Å². The van der Waals surface area contributed by atoms with Crippen molar-refractivity contribution in [2.75, 3.05) is 13.6 Å². The van der Waals surface area contributed by atoms with E-state index in [4.69, 9.17) is 26.4 Å². The lowest BCUT2D eigenvalue weighted by Gasteiger charge is -2.29. The highest BCUT2D eigenvalue weighted by molar-refractivity contribution is 8.00. The number of benzene rings is 2. The average molecular weight is 587 g/mol. The van der Waals surface area contributed by atoms with Crippen LogP contribution in [0.25, 0.3) is 0 Å². The molecule has 1 aliphatic heterocycles. The molecule has 2 atom stereocenters. The molecule has 0 amide bonds. The van der Waals surface area contributed by atoms with Crippen LogP contribution in [-0.2, 0) is 4.79 Å². The first-order valence-electron chi connectivity index (χ1n) is 12.2. The number of amidine groups is 1. The monoisotopic (exact) mass is 586 g/mol. The molecule has 4 rings (SSSR count). The van der Waals surface area contributed by atoms with E-state index in [0.29, 0.717) is 23.2 Å². The van der Waals surface area contributed by atoms with Crippen molar-refractivity contribution in [2.24, 2.45) is 16.5 Å². The molecule has 2 heterocycles. The Bertz CT molecular complexity index is 1540. The third-order valence-corrected chi connectivity index (χ3v) is 7.55. The summed E-state index contributed by atoms with van der Waals surface area (Å²) in [5.41, 5.74) is 12.0. The highest BCUT2D eigenvalue weighted by Gasteiger charge is 2.34. The summed E-state index contributed by atoms with van der Waals surface area (Å²) >= 11 is 1.23. The number of hydrogen-bond acceptors (Lipinski definition) is 10. The smallest absolute Gasteiger partial charge is 0.321 e. The van der Waals surface area contributed by atoms with Crippen molar-refractivity contribution in [2.45, 2.75) is 35.7 Å². The summed E-state index contributed by atoms with van der Waals surface area (Å²) in [4.78, 5) is 22.1. The molecule has 3 aromatic rings. The van der Waals surface area contributed by atoms with Gasteiger partial charge in [-0.3, -0.25) is 20.1 Å². The summed E-state index contributed by atoms with van der Waals surface area (Å²) < 4.78 is 40.7. The van der Waals surface area contributed by atoms with Crippen molar-refractivity contribution in [1.29, 1.82) is 5.41 Å². The molecule has 2 aromatic carbocycles. The standard InChI is InChI=1S/C27H28F2N6O5S/c1-27(2,22(30)26(37)38)41-14-5-7-18(15(11-14)24-33-8-9-35(24)3)39-21-16(28)12-34-25(20(21)29)40-19-10-13(23(31)32)4-6-17(19)36/h4-8,10-12,22,24,36H,9,30H2,1-3H3,(H3,31,32)(H,37,38).